The molecule has 0 atom stereocenters. The van der Waals surface area contributed by atoms with Gasteiger partial charge < -0.3 is 15.2 Å². The van der Waals surface area contributed by atoms with E-state index in [1.807, 2.05) is 18.2 Å². The lowest BCUT2D eigenvalue weighted by Gasteiger charge is -2.33. The van der Waals surface area contributed by atoms with E-state index < -0.39 is 0 Å². The molecule has 0 amide bonds. The van der Waals surface area contributed by atoms with E-state index in [2.05, 4.69) is 51.6 Å². The van der Waals surface area contributed by atoms with Crippen molar-refractivity contribution in [2.24, 2.45) is 0 Å². The van der Waals surface area contributed by atoms with Crippen LogP contribution in [0, 0.1) is 0 Å². The van der Waals surface area contributed by atoms with Gasteiger partial charge in [-0.2, -0.15) is 0 Å². The predicted molar refractivity (Wildman–Crippen MR) is 106 cm³/mol. The first-order valence-electron chi connectivity index (χ1n) is 8.81. The highest BCUT2D eigenvalue weighted by atomic mass is 32.1. The second-order valence-electron chi connectivity index (χ2n) is 6.54. The van der Waals surface area contributed by atoms with E-state index >= 15 is 0 Å². The van der Waals surface area contributed by atoms with Crippen molar-refractivity contribution in [3.05, 3.63) is 66.0 Å². The van der Waals surface area contributed by atoms with Crippen LogP contribution in [0.3, 0.4) is 0 Å². The topological polar surface area (TPSA) is 44.0 Å². The Balaban J connectivity index is 1.32. The molecule has 4 rings (SSSR count). The number of benzene rings is 2. The minimum absolute atomic E-state index is 0.487. The average molecular weight is 350 g/mol. The molecule has 2 aromatic carbocycles. The number of thiocarbonyl (C=S) groups is 1. The fraction of sp³-hybridized carbons (Fsp3) is 0.300. The molecule has 0 saturated carbocycles. The molecule has 1 saturated heterocycles. The summed E-state index contributed by atoms with van der Waals surface area (Å²) in [5.41, 5.74) is 3.43. The van der Waals surface area contributed by atoms with Gasteiger partial charge in [0.1, 0.15) is 5.82 Å². The maximum atomic E-state index is 5.57. The second kappa shape index (κ2) is 7.23. The number of H-pyrrole nitrogens is 1. The third kappa shape index (κ3) is 3.66. The standard InChI is InChI=1S/C20H22N4S/c25-20(21-14-15-6-2-1-3-7-15)24-12-10-16(11-13-24)19-22-17-8-4-5-9-18(17)23-19/h1-9,16H,10-14H2,(H,21,25)(H,22,23). The number of nitrogens with zero attached hydrogens (tertiary/aromatic N) is 2. The third-order valence-electron chi connectivity index (χ3n) is 4.86. The Labute approximate surface area is 153 Å². The lowest BCUT2D eigenvalue weighted by molar-refractivity contribution is 0.304. The summed E-state index contributed by atoms with van der Waals surface area (Å²) in [5.74, 6) is 1.60. The number of aromatic amines is 1. The molecule has 0 radical (unpaired) electrons. The number of imidazole rings is 1. The largest absolute Gasteiger partial charge is 0.358 e. The number of rotatable bonds is 3. The first-order valence-corrected chi connectivity index (χ1v) is 9.22. The molecule has 4 nitrogen and oxygen atoms in total. The summed E-state index contributed by atoms with van der Waals surface area (Å²) in [7, 11) is 0. The lowest BCUT2D eigenvalue weighted by atomic mass is 9.96. The summed E-state index contributed by atoms with van der Waals surface area (Å²) in [6.45, 7) is 2.73. The van der Waals surface area contributed by atoms with Crippen LogP contribution in [0.1, 0.15) is 30.1 Å². The van der Waals surface area contributed by atoms with E-state index in [1.54, 1.807) is 0 Å². The maximum Gasteiger partial charge on any atom is 0.169 e. The van der Waals surface area contributed by atoms with Crippen LogP contribution < -0.4 is 5.32 Å². The highest BCUT2D eigenvalue weighted by Gasteiger charge is 2.24. The van der Waals surface area contributed by atoms with Gasteiger partial charge in [-0.3, -0.25) is 0 Å². The van der Waals surface area contributed by atoms with Crippen molar-refractivity contribution in [2.75, 3.05) is 13.1 Å². The summed E-state index contributed by atoms with van der Waals surface area (Å²) in [5, 5.41) is 4.23. The Morgan fingerprint density at radius 3 is 2.56 bits per heavy atom. The monoisotopic (exact) mass is 350 g/mol. The van der Waals surface area contributed by atoms with Crippen molar-refractivity contribution in [2.45, 2.75) is 25.3 Å². The van der Waals surface area contributed by atoms with Gasteiger partial charge in [-0.25, -0.2) is 4.98 Å². The molecule has 2 heterocycles. The quantitative estimate of drug-likeness (QED) is 0.705. The van der Waals surface area contributed by atoms with Gasteiger partial charge in [-0.15, -0.1) is 0 Å². The van der Waals surface area contributed by atoms with Crippen molar-refractivity contribution in [1.82, 2.24) is 20.2 Å². The van der Waals surface area contributed by atoms with E-state index in [-0.39, 0.29) is 0 Å². The van der Waals surface area contributed by atoms with E-state index in [0.717, 1.165) is 54.4 Å². The van der Waals surface area contributed by atoms with Crippen LogP contribution in [-0.4, -0.2) is 33.1 Å². The van der Waals surface area contributed by atoms with Gasteiger partial charge in [0.25, 0.3) is 0 Å². The number of likely N-dealkylation sites (tertiary alicyclic amines) is 1. The van der Waals surface area contributed by atoms with Gasteiger partial charge >= 0.3 is 0 Å². The Bertz CT molecular complexity index is 817. The van der Waals surface area contributed by atoms with Crippen molar-refractivity contribution in [1.29, 1.82) is 0 Å². The molecule has 1 aliphatic rings. The molecule has 2 N–H and O–H groups in total. The van der Waals surface area contributed by atoms with Gasteiger partial charge in [-0.05, 0) is 42.8 Å². The minimum Gasteiger partial charge on any atom is -0.358 e. The van der Waals surface area contributed by atoms with Crippen LogP contribution in [0.5, 0.6) is 0 Å². The van der Waals surface area contributed by atoms with Crippen molar-refractivity contribution >= 4 is 28.4 Å². The number of aromatic nitrogens is 2. The van der Waals surface area contributed by atoms with Crippen LogP contribution >= 0.6 is 12.2 Å². The fourth-order valence-corrected chi connectivity index (χ4v) is 3.66. The Hall–Kier alpha value is -2.40. The van der Waals surface area contributed by atoms with Crippen LogP contribution in [0.15, 0.2) is 54.6 Å². The smallest absolute Gasteiger partial charge is 0.169 e. The fourth-order valence-electron chi connectivity index (χ4n) is 3.41. The lowest BCUT2D eigenvalue weighted by Crippen LogP contribution is -2.43. The highest BCUT2D eigenvalue weighted by molar-refractivity contribution is 7.80. The number of hydrogen-bond donors (Lipinski definition) is 2. The summed E-state index contributed by atoms with van der Waals surface area (Å²) in [4.78, 5) is 10.5. The molecule has 1 aliphatic heterocycles. The van der Waals surface area contributed by atoms with Crippen molar-refractivity contribution in [3.63, 3.8) is 0 Å². The van der Waals surface area contributed by atoms with E-state index in [9.17, 15) is 0 Å². The zero-order valence-electron chi connectivity index (χ0n) is 14.1. The van der Waals surface area contributed by atoms with Gasteiger partial charge in [0.2, 0.25) is 0 Å². The zero-order chi connectivity index (χ0) is 17.1. The molecule has 25 heavy (non-hydrogen) atoms. The molecule has 5 heteroatoms. The molecular formula is C20H22N4S. The van der Waals surface area contributed by atoms with E-state index in [0.29, 0.717) is 5.92 Å². The van der Waals surface area contributed by atoms with Crippen LogP contribution in [0.25, 0.3) is 11.0 Å². The molecule has 3 aromatic rings. The SMILES string of the molecule is S=C(NCc1ccccc1)N1CCC(c2nc3ccccc3[nH]2)CC1. The molecule has 1 fully saturated rings. The number of nitrogens with one attached hydrogen (secondary N) is 2. The van der Waals surface area contributed by atoms with Crippen molar-refractivity contribution in [3.8, 4) is 0 Å². The first kappa shape index (κ1) is 16.1. The van der Waals surface area contributed by atoms with Gasteiger partial charge in [0.15, 0.2) is 5.11 Å². The minimum atomic E-state index is 0.487. The van der Waals surface area contributed by atoms with Crippen LogP contribution in [-0.2, 0) is 6.54 Å². The Morgan fingerprint density at radius 1 is 1.08 bits per heavy atom. The zero-order valence-corrected chi connectivity index (χ0v) is 14.9. The molecule has 128 valence electrons. The van der Waals surface area contributed by atoms with Gasteiger partial charge in [-0.1, -0.05) is 42.5 Å². The number of para-hydroxylation sites is 2. The molecule has 1 aromatic heterocycles. The summed E-state index contributed by atoms with van der Waals surface area (Å²) in [6, 6.07) is 18.6. The van der Waals surface area contributed by atoms with E-state index in [1.165, 1.54) is 5.56 Å². The predicted octanol–water partition coefficient (Wildman–Crippen LogP) is 3.82. The highest BCUT2D eigenvalue weighted by Crippen LogP contribution is 2.27. The number of fused-ring (bicyclic) bond motifs is 1. The maximum absolute atomic E-state index is 5.57. The molecule has 0 spiro atoms. The van der Waals surface area contributed by atoms with Crippen molar-refractivity contribution < 1.29 is 0 Å². The van der Waals surface area contributed by atoms with E-state index in [4.69, 9.17) is 17.2 Å². The molecule has 0 aliphatic carbocycles. The number of hydrogen-bond acceptors (Lipinski definition) is 2. The Kier molecular flexibility index (Phi) is 4.65. The van der Waals surface area contributed by atoms with Gasteiger partial charge in [0, 0.05) is 25.6 Å². The Morgan fingerprint density at radius 2 is 1.80 bits per heavy atom. The second-order valence-corrected chi connectivity index (χ2v) is 6.93. The average Bonchev–Trinajstić information content (AvgIpc) is 3.11. The molecular weight excluding hydrogens is 328 g/mol. The first-order chi connectivity index (χ1) is 12.3. The normalized spacial score (nSPS) is 15.4. The summed E-state index contributed by atoms with van der Waals surface area (Å²) < 4.78 is 0. The molecule has 0 unspecified atom stereocenters. The molecule has 0 bridgehead atoms. The summed E-state index contributed by atoms with van der Waals surface area (Å²) >= 11 is 5.57. The van der Waals surface area contributed by atoms with Crippen LogP contribution in [0.4, 0.5) is 0 Å². The summed E-state index contributed by atoms with van der Waals surface area (Å²) in [6.07, 6.45) is 2.15. The number of piperidine rings is 1. The van der Waals surface area contributed by atoms with Gasteiger partial charge in [0.05, 0.1) is 11.0 Å². The third-order valence-corrected chi connectivity index (χ3v) is 5.27. The van der Waals surface area contributed by atoms with Crippen LogP contribution in [0.2, 0.25) is 0 Å².